The van der Waals surface area contributed by atoms with Gasteiger partial charge in [-0.1, -0.05) is 104 Å². The van der Waals surface area contributed by atoms with Crippen LogP contribution < -0.4 is 0 Å². The van der Waals surface area contributed by atoms with E-state index in [1.54, 1.807) is 0 Å². The quantitative estimate of drug-likeness (QED) is 0.0907. The van der Waals surface area contributed by atoms with Gasteiger partial charge in [0.25, 0.3) is 5.34 Å². The summed E-state index contributed by atoms with van der Waals surface area (Å²) in [5, 5.41) is 8.12. The van der Waals surface area contributed by atoms with Gasteiger partial charge in [0.2, 0.25) is 8.46 Å². The Balaban J connectivity index is 4.57. The van der Waals surface area contributed by atoms with Crippen molar-refractivity contribution in [3.63, 3.8) is 0 Å². The molecule has 0 saturated carbocycles. The van der Waals surface area contributed by atoms with Crippen LogP contribution in [0.15, 0.2) is 0 Å². The molecular formula is C27H53O5PS. The highest BCUT2D eigenvalue weighted by Gasteiger charge is 2.42. The average molecular weight is 521 g/mol. The molecule has 0 bridgehead atoms. The fraction of sp³-hybridized carbons (Fsp3) is 0.963. The fourth-order valence-electron chi connectivity index (χ4n) is 3.93. The third-order valence-electron chi connectivity index (χ3n) is 6.26. The molecule has 0 fully saturated rings. The second kappa shape index (κ2) is 23.3. The first-order valence-electron chi connectivity index (χ1n) is 13.9. The molecule has 0 amide bonds. The minimum absolute atomic E-state index is 0.111. The zero-order chi connectivity index (χ0) is 25.5. The van der Waals surface area contributed by atoms with Crippen molar-refractivity contribution >= 4 is 26.2 Å². The van der Waals surface area contributed by atoms with E-state index < -0.39 is 19.8 Å². The number of aliphatic carboxylic acids is 1. The van der Waals surface area contributed by atoms with Crippen LogP contribution in [-0.4, -0.2) is 46.7 Å². The first kappa shape index (κ1) is 33.8. The lowest BCUT2D eigenvalue weighted by atomic mass is 10.1. The maximum absolute atomic E-state index is 11.8. The minimum atomic E-state index is -1.81. The second-order valence-electron chi connectivity index (χ2n) is 9.49. The number of hydrogen-bond donors (Lipinski definition) is 1. The molecule has 0 aromatic heterocycles. The van der Waals surface area contributed by atoms with Crippen molar-refractivity contribution in [1.82, 2.24) is 0 Å². The van der Waals surface area contributed by atoms with Crippen LogP contribution >= 0.6 is 20.2 Å². The van der Waals surface area contributed by atoms with E-state index in [9.17, 15) is 14.5 Å². The van der Waals surface area contributed by atoms with Crippen molar-refractivity contribution in [2.45, 2.75) is 147 Å². The van der Waals surface area contributed by atoms with Crippen LogP contribution in [0.3, 0.4) is 0 Å². The Hall–Kier alpha value is -0.160. The highest BCUT2D eigenvalue weighted by molar-refractivity contribution is 7.99. The van der Waals surface area contributed by atoms with E-state index >= 15 is 0 Å². The van der Waals surface area contributed by atoms with Crippen LogP contribution in [0.2, 0.25) is 0 Å². The maximum atomic E-state index is 11.8. The molecule has 7 heteroatoms. The number of carboxylic acid groups (broad SMARTS) is 1. The molecule has 5 nitrogen and oxygen atoms in total. The zero-order valence-electron chi connectivity index (χ0n) is 22.5. The smallest absolute Gasteiger partial charge is 0.350 e. The number of ether oxygens (including phenoxy) is 2. The molecule has 3 atom stereocenters. The molecule has 0 radical (unpaired) electrons. The van der Waals surface area contributed by atoms with E-state index in [2.05, 4.69) is 13.8 Å². The Morgan fingerprint density at radius 2 is 1.38 bits per heavy atom. The minimum Gasteiger partial charge on any atom is -0.478 e. The zero-order valence-corrected chi connectivity index (χ0v) is 24.2. The molecule has 0 heterocycles. The van der Waals surface area contributed by atoms with Crippen molar-refractivity contribution in [1.29, 1.82) is 0 Å². The Kier molecular flexibility index (Phi) is 23.1. The van der Waals surface area contributed by atoms with Gasteiger partial charge in [-0.05, 0) is 31.9 Å². The summed E-state index contributed by atoms with van der Waals surface area (Å²) < 4.78 is 23.2. The summed E-state index contributed by atoms with van der Waals surface area (Å²) in [6, 6.07) is 0. The predicted molar refractivity (Wildman–Crippen MR) is 146 cm³/mol. The van der Waals surface area contributed by atoms with E-state index in [0.29, 0.717) is 11.7 Å². The summed E-state index contributed by atoms with van der Waals surface area (Å²) in [6.07, 6.45) is 19.7. The molecular weight excluding hydrogens is 467 g/mol. The molecule has 3 unspecified atom stereocenters. The summed E-state index contributed by atoms with van der Waals surface area (Å²) >= 11 is 1.96. The van der Waals surface area contributed by atoms with Gasteiger partial charge >= 0.3 is 5.97 Å². The van der Waals surface area contributed by atoms with Gasteiger partial charge in [-0.3, -0.25) is 4.57 Å². The van der Waals surface area contributed by atoms with Crippen molar-refractivity contribution in [3.8, 4) is 0 Å². The molecule has 0 aromatic carbocycles. The van der Waals surface area contributed by atoms with Gasteiger partial charge in [-0.25, -0.2) is 4.79 Å². The number of hydrogen-bond acceptors (Lipinski definition) is 5. The number of unbranched alkanes of at least 4 members (excludes halogenated alkanes) is 12. The van der Waals surface area contributed by atoms with E-state index in [-0.39, 0.29) is 19.3 Å². The van der Waals surface area contributed by atoms with Crippen LogP contribution in [0.4, 0.5) is 0 Å². The van der Waals surface area contributed by atoms with Gasteiger partial charge < -0.3 is 14.6 Å². The van der Waals surface area contributed by atoms with Gasteiger partial charge in [-0.2, -0.15) is 11.8 Å². The monoisotopic (exact) mass is 520 g/mol. The second-order valence-corrected chi connectivity index (χ2v) is 11.7. The van der Waals surface area contributed by atoms with Gasteiger partial charge in [0.05, 0.1) is 12.7 Å². The Labute approximate surface area is 216 Å². The first-order valence-corrected chi connectivity index (χ1v) is 15.8. The molecule has 1 N–H and O–H groups in total. The molecule has 202 valence electrons. The summed E-state index contributed by atoms with van der Waals surface area (Å²) in [7, 11) is -0.562. The third kappa shape index (κ3) is 16.5. The molecule has 0 spiro atoms. The summed E-state index contributed by atoms with van der Waals surface area (Å²) in [6.45, 7) is 8.45. The molecule has 34 heavy (non-hydrogen) atoms. The van der Waals surface area contributed by atoms with Crippen LogP contribution in [0, 0.1) is 0 Å². The van der Waals surface area contributed by atoms with Crippen molar-refractivity contribution in [3.05, 3.63) is 0 Å². The topological polar surface area (TPSA) is 72.8 Å². The van der Waals surface area contributed by atoms with E-state index in [1.807, 2.05) is 25.6 Å². The largest absolute Gasteiger partial charge is 0.478 e. The van der Waals surface area contributed by atoms with Gasteiger partial charge in [0, 0.05) is 11.9 Å². The molecule has 0 aliphatic carbocycles. The summed E-state index contributed by atoms with van der Waals surface area (Å²) in [5.74, 6) is -0.123. The number of carbonyl (C=O) groups is 1. The average Bonchev–Trinajstić information content (AvgIpc) is 2.83. The third-order valence-corrected chi connectivity index (χ3v) is 8.58. The van der Waals surface area contributed by atoms with Gasteiger partial charge in [0.1, 0.15) is 0 Å². The first-order chi connectivity index (χ1) is 16.5. The van der Waals surface area contributed by atoms with Crippen molar-refractivity contribution in [2.75, 3.05) is 19.0 Å². The predicted octanol–water partition coefficient (Wildman–Crippen LogP) is 8.88. The fourth-order valence-corrected chi connectivity index (χ4v) is 5.64. The SMILES string of the molecule is CCCCCCCCCCCSC(CCCCCCC)C(C)OCC(OCCC)(P=O)C(=O)O. The Morgan fingerprint density at radius 3 is 1.88 bits per heavy atom. The van der Waals surface area contributed by atoms with Crippen molar-refractivity contribution < 1.29 is 23.9 Å². The molecule has 0 rings (SSSR count). The summed E-state index contributed by atoms with van der Waals surface area (Å²) in [5.41, 5.74) is 0. The number of thioether (sulfide) groups is 1. The van der Waals surface area contributed by atoms with Crippen LogP contribution in [0.1, 0.15) is 130 Å². The molecule has 0 saturated heterocycles. The van der Waals surface area contributed by atoms with E-state index in [1.165, 1.54) is 89.9 Å². The number of carboxylic acids is 1. The standard InChI is InChI=1S/C27H53O5PS/c1-5-8-10-12-13-14-15-17-19-22-34-25(20-18-16-11-9-6-2)24(4)31-23-27(33-30,26(28)29)32-21-7-3/h24-25H,5-23H2,1-4H3,(H,28,29). The van der Waals surface area contributed by atoms with Crippen LogP contribution in [0.5, 0.6) is 0 Å². The Morgan fingerprint density at radius 1 is 0.853 bits per heavy atom. The van der Waals surface area contributed by atoms with Gasteiger partial charge in [-0.15, -0.1) is 0 Å². The van der Waals surface area contributed by atoms with Crippen LogP contribution in [-0.2, 0) is 18.8 Å². The summed E-state index contributed by atoms with van der Waals surface area (Å²) in [4.78, 5) is 11.8. The van der Waals surface area contributed by atoms with Crippen molar-refractivity contribution in [2.24, 2.45) is 0 Å². The molecule has 0 aromatic rings. The lowest BCUT2D eigenvalue weighted by Crippen LogP contribution is -2.43. The van der Waals surface area contributed by atoms with E-state index in [4.69, 9.17) is 9.47 Å². The highest BCUT2D eigenvalue weighted by Crippen LogP contribution is 2.30. The lowest BCUT2D eigenvalue weighted by molar-refractivity contribution is -0.162. The van der Waals surface area contributed by atoms with Gasteiger partial charge in [0.15, 0.2) is 0 Å². The molecule has 0 aliphatic rings. The molecule has 0 aliphatic heterocycles. The maximum Gasteiger partial charge on any atom is 0.350 e. The lowest BCUT2D eigenvalue weighted by Gasteiger charge is -2.28. The van der Waals surface area contributed by atoms with Crippen LogP contribution in [0.25, 0.3) is 0 Å². The highest BCUT2D eigenvalue weighted by atomic mass is 32.2. The normalized spacial score (nSPS) is 15.3. The number of rotatable bonds is 26. The van der Waals surface area contributed by atoms with E-state index in [0.717, 1.165) is 12.2 Å². The Bertz CT molecular complexity index is 494.